The van der Waals surface area contributed by atoms with Crippen molar-refractivity contribution in [2.75, 3.05) is 19.8 Å². The minimum atomic E-state index is -0.254. The number of hydrogen-bond donors (Lipinski definition) is 0. The normalized spacial score (nSPS) is 11.3. The van der Waals surface area contributed by atoms with Gasteiger partial charge in [0.25, 0.3) is 0 Å². The molecule has 0 N–H and O–H groups in total. The summed E-state index contributed by atoms with van der Waals surface area (Å²) < 4.78 is 11.1. The third kappa shape index (κ3) is 6.77. The molecule has 0 bridgehead atoms. The van der Waals surface area contributed by atoms with E-state index in [9.17, 15) is 0 Å². The van der Waals surface area contributed by atoms with E-state index in [0.717, 1.165) is 26.2 Å². The molecule has 1 aromatic rings. The summed E-state index contributed by atoms with van der Waals surface area (Å²) in [5.41, 5.74) is 1.34. The first-order valence-corrected chi connectivity index (χ1v) is 7.70. The van der Waals surface area contributed by atoms with Gasteiger partial charge in [-0.15, -0.1) is 0 Å². The van der Waals surface area contributed by atoms with Crippen molar-refractivity contribution in [2.24, 2.45) is 0 Å². The van der Waals surface area contributed by atoms with Gasteiger partial charge in [-0.2, -0.15) is 0 Å². The second-order valence-electron chi connectivity index (χ2n) is 3.81. The van der Waals surface area contributed by atoms with Gasteiger partial charge < -0.3 is 9.16 Å². The van der Waals surface area contributed by atoms with Crippen LogP contribution in [0.25, 0.3) is 0 Å². The largest absolute Gasteiger partial charge is 0.422 e. The van der Waals surface area contributed by atoms with Gasteiger partial charge in [-0.1, -0.05) is 43.7 Å². The van der Waals surface area contributed by atoms with Crippen LogP contribution in [0.3, 0.4) is 0 Å². The van der Waals surface area contributed by atoms with Gasteiger partial charge in [0.15, 0.2) is 9.76 Å². The molecule has 0 heterocycles. The molecule has 0 aliphatic carbocycles. The Labute approximate surface area is 101 Å². The maximum absolute atomic E-state index is 5.54. The molecule has 0 aromatic heterocycles. The van der Waals surface area contributed by atoms with E-state index in [1.807, 2.05) is 6.07 Å². The second-order valence-corrected chi connectivity index (χ2v) is 5.34. The maximum Gasteiger partial charge on any atom is 0.161 e. The van der Waals surface area contributed by atoms with Gasteiger partial charge in [0.05, 0.1) is 19.8 Å². The van der Waals surface area contributed by atoms with E-state index >= 15 is 0 Å². The molecule has 16 heavy (non-hydrogen) atoms. The van der Waals surface area contributed by atoms with Gasteiger partial charge in [-0.25, -0.2) is 0 Å². The highest BCUT2D eigenvalue weighted by atomic mass is 28.2. The van der Waals surface area contributed by atoms with Crippen molar-refractivity contribution in [3.05, 3.63) is 35.9 Å². The lowest BCUT2D eigenvalue weighted by atomic mass is 10.2. The fourth-order valence-electron chi connectivity index (χ4n) is 1.40. The first-order chi connectivity index (χ1) is 7.93. The Morgan fingerprint density at radius 3 is 2.62 bits per heavy atom. The molecule has 3 heteroatoms. The molecule has 0 atom stereocenters. The summed E-state index contributed by atoms with van der Waals surface area (Å²) in [6.07, 6.45) is 2.24. The van der Waals surface area contributed by atoms with Crippen molar-refractivity contribution >= 4 is 9.76 Å². The number of hydrogen-bond acceptors (Lipinski definition) is 2. The number of ether oxygens (including phenoxy) is 1. The van der Waals surface area contributed by atoms with Crippen LogP contribution in [0, 0.1) is 0 Å². The van der Waals surface area contributed by atoms with E-state index in [-0.39, 0.29) is 9.76 Å². The van der Waals surface area contributed by atoms with Crippen molar-refractivity contribution in [1.82, 2.24) is 0 Å². The van der Waals surface area contributed by atoms with Gasteiger partial charge in [0.2, 0.25) is 0 Å². The Morgan fingerprint density at radius 2 is 1.88 bits per heavy atom. The van der Waals surface area contributed by atoms with Crippen LogP contribution in [0.15, 0.2) is 30.3 Å². The van der Waals surface area contributed by atoms with E-state index in [1.165, 1.54) is 18.0 Å². The summed E-state index contributed by atoms with van der Waals surface area (Å²) >= 11 is 0. The minimum Gasteiger partial charge on any atom is -0.422 e. The van der Waals surface area contributed by atoms with E-state index < -0.39 is 0 Å². The van der Waals surface area contributed by atoms with Crippen LogP contribution in [-0.2, 0) is 15.6 Å². The zero-order chi connectivity index (χ0) is 11.5. The molecular formula is C13H22O2Si. The zero-order valence-electron chi connectivity index (χ0n) is 10.2. The smallest absolute Gasteiger partial charge is 0.161 e. The molecule has 0 amide bonds. The molecule has 0 fully saturated rings. The SMILES string of the molecule is CCC[SiH2]OCCOCCc1ccccc1. The average Bonchev–Trinajstić information content (AvgIpc) is 2.34. The summed E-state index contributed by atoms with van der Waals surface area (Å²) in [5.74, 6) is 0. The average molecular weight is 238 g/mol. The molecule has 1 rings (SSSR count). The Morgan fingerprint density at radius 1 is 1.06 bits per heavy atom. The second kappa shape index (κ2) is 9.57. The topological polar surface area (TPSA) is 18.5 Å². The molecule has 0 unspecified atom stereocenters. The minimum absolute atomic E-state index is 0.254. The monoisotopic (exact) mass is 238 g/mol. The third-order valence-corrected chi connectivity index (χ3v) is 3.97. The predicted molar refractivity (Wildman–Crippen MR) is 70.6 cm³/mol. The fraction of sp³-hybridized carbons (Fsp3) is 0.538. The zero-order valence-corrected chi connectivity index (χ0v) is 11.6. The van der Waals surface area contributed by atoms with E-state index in [0.29, 0.717) is 0 Å². The molecule has 0 saturated carbocycles. The van der Waals surface area contributed by atoms with Gasteiger partial charge in [-0.3, -0.25) is 0 Å². The van der Waals surface area contributed by atoms with Crippen LogP contribution in [0.4, 0.5) is 0 Å². The van der Waals surface area contributed by atoms with E-state index in [1.54, 1.807) is 0 Å². The molecule has 0 spiro atoms. The maximum atomic E-state index is 5.54. The molecular weight excluding hydrogens is 216 g/mol. The van der Waals surface area contributed by atoms with Crippen molar-refractivity contribution in [3.63, 3.8) is 0 Å². The molecule has 0 aliphatic rings. The Hall–Kier alpha value is -0.643. The predicted octanol–water partition coefficient (Wildman–Crippen LogP) is 2.17. The number of benzene rings is 1. The standard InChI is InChI=1S/C13H22O2Si/c1-2-12-16-15-11-10-14-9-8-13-6-4-3-5-7-13/h3-7H,2,8-12,16H2,1H3. The highest BCUT2D eigenvalue weighted by molar-refractivity contribution is 6.26. The highest BCUT2D eigenvalue weighted by Crippen LogP contribution is 1.99. The Balaban J connectivity index is 1.89. The fourth-order valence-corrected chi connectivity index (χ4v) is 2.22. The molecule has 0 radical (unpaired) electrons. The summed E-state index contributed by atoms with van der Waals surface area (Å²) in [7, 11) is -0.254. The molecule has 0 aliphatic heterocycles. The summed E-state index contributed by atoms with van der Waals surface area (Å²) in [4.78, 5) is 0. The van der Waals surface area contributed by atoms with Crippen LogP contribution in [0.2, 0.25) is 6.04 Å². The van der Waals surface area contributed by atoms with Gasteiger partial charge in [0.1, 0.15) is 0 Å². The third-order valence-electron chi connectivity index (χ3n) is 2.39. The Bertz CT molecular complexity index is 251. The Kier molecular flexibility index (Phi) is 8.03. The van der Waals surface area contributed by atoms with Gasteiger partial charge >= 0.3 is 0 Å². The molecule has 90 valence electrons. The van der Waals surface area contributed by atoms with Crippen LogP contribution >= 0.6 is 0 Å². The van der Waals surface area contributed by atoms with Crippen LogP contribution in [0.5, 0.6) is 0 Å². The molecule has 0 saturated heterocycles. The van der Waals surface area contributed by atoms with E-state index in [2.05, 4.69) is 31.2 Å². The van der Waals surface area contributed by atoms with Crippen molar-refractivity contribution in [1.29, 1.82) is 0 Å². The first-order valence-electron chi connectivity index (χ1n) is 6.13. The van der Waals surface area contributed by atoms with Crippen molar-refractivity contribution < 1.29 is 9.16 Å². The van der Waals surface area contributed by atoms with Gasteiger partial charge in [0, 0.05) is 0 Å². The number of rotatable bonds is 9. The summed E-state index contributed by atoms with van der Waals surface area (Å²) in [6, 6.07) is 11.7. The van der Waals surface area contributed by atoms with Crippen LogP contribution in [0.1, 0.15) is 18.9 Å². The summed E-state index contributed by atoms with van der Waals surface area (Å²) in [5, 5.41) is 0. The van der Waals surface area contributed by atoms with Crippen LogP contribution in [-0.4, -0.2) is 29.6 Å². The quantitative estimate of drug-likeness (QED) is 0.485. The molecule has 1 aromatic carbocycles. The lowest BCUT2D eigenvalue weighted by molar-refractivity contribution is 0.104. The van der Waals surface area contributed by atoms with Crippen molar-refractivity contribution in [2.45, 2.75) is 25.8 Å². The van der Waals surface area contributed by atoms with E-state index in [4.69, 9.17) is 9.16 Å². The first kappa shape index (κ1) is 13.4. The lowest BCUT2D eigenvalue weighted by Crippen LogP contribution is -2.08. The summed E-state index contributed by atoms with van der Waals surface area (Å²) in [6.45, 7) is 4.51. The van der Waals surface area contributed by atoms with Crippen molar-refractivity contribution in [3.8, 4) is 0 Å². The highest BCUT2D eigenvalue weighted by Gasteiger charge is 1.92. The molecule has 2 nitrogen and oxygen atoms in total. The van der Waals surface area contributed by atoms with Crippen LogP contribution < -0.4 is 0 Å². The lowest BCUT2D eigenvalue weighted by Gasteiger charge is -2.05. The van der Waals surface area contributed by atoms with Gasteiger partial charge in [-0.05, 0) is 18.0 Å².